The average molecular weight is 418 g/mol. The maximum atomic E-state index is 13.0. The average Bonchev–Trinajstić information content (AvgIpc) is 3.19. The lowest BCUT2D eigenvalue weighted by molar-refractivity contribution is 0.582. The smallest absolute Gasteiger partial charge is 0.275 e. The third kappa shape index (κ3) is 2.65. The molecule has 0 fully saturated rings. The first-order chi connectivity index (χ1) is 12.0. The van der Waals surface area contributed by atoms with E-state index in [1.807, 2.05) is 0 Å². The highest BCUT2D eigenvalue weighted by Gasteiger charge is 2.25. The van der Waals surface area contributed by atoms with Crippen LogP contribution in [0.2, 0.25) is 0 Å². The number of hydrogen-bond acceptors (Lipinski definition) is 5. The zero-order chi connectivity index (χ0) is 17.6. The number of benzene rings is 1. The molecule has 3 aromatic heterocycles. The van der Waals surface area contributed by atoms with E-state index in [9.17, 15) is 8.42 Å². The van der Waals surface area contributed by atoms with Gasteiger partial charge in [-0.25, -0.2) is 4.98 Å². The Hall–Kier alpha value is -2.52. The normalized spacial score (nSPS) is 11.9. The van der Waals surface area contributed by atoms with Gasteiger partial charge in [0.2, 0.25) is 0 Å². The molecule has 0 aliphatic rings. The van der Waals surface area contributed by atoms with Crippen molar-refractivity contribution in [3.05, 3.63) is 59.5 Å². The predicted octanol–water partition coefficient (Wildman–Crippen LogP) is 2.83. The van der Waals surface area contributed by atoms with E-state index in [-0.39, 0.29) is 10.5 Å². The highest BCUT2D eigenvalue weighted by molar-refractivity contribution is 9.10. The fourth-order valence-corrected chi connectivity index (χ4v) is 4.16. The van der Waals surface area contributed by atoms with Crippen molar-refractivity contribution in [3.63, 3.8) is 0 Å². The minimum absolute atomic E-state index is 0.154. The second kappa shape index (κ2) is 5.78. The molecule has 7 nitrogen and oxygen atoms in total. The molecule has 4 rings (SSSR count). The first-order valence-electron chi connectivity index (χ1n) is 7.31. The minimum atomic E-state index is -3.86. The van der Waals surface area contributed by atoms with E-state index in [0.29, 0.717) is 11.1 Å². The van der Waals surface area contributed by atoms with Crippen molar-refractivity contribution in [1.82, 2.24) is 24.0 Å². The topological polar surface area (TPSA) is 82.7 Å². The van der Waals surface area contributed by atoms with Crippen molar-refractivity contribution >= 4 is 37.0 Å². The Balaban J connectivity index is 2.03. The van der Waals surface area contributed by atoms with Crippen molar-refractivity contribution in [2.75, 3.05) is 0 Å². The largest absolute Gasteiger partial charge is 0.284 e. The number of hydrogen-bond donors (Lipinski definition) is 0. The van der Waals surface area contributed by atoms with Gasteiger partial charge in [0.1, 0.15) is 5.69 Å². The first kappa shape index (κ1) is 16.0. The summed E-state index contributed by atoms with van der Waals surface area (Å²) < 4.78 is 29.4. The molecule has 1 aromatic carbocycles. The quantitative estimate of drug-likeness (QED) is 0.511. The maximum Gasteiger partial charge on any atom is 0.284 e. The predicted molar refractivity (Wildman–Crippen MR) is 96.5 cm³/mol. The number of aryl methyl sites for hydroxylation is 1. The van der Waals surface area contributed by atoms with Gasteiger partial charge in [0.05, 0.1) is 11.1 Å². The molecule has 0 amide bonds. The monoisotopic (exact) mass is 417 g/mol. The van der Waals surface area contributed by atoms with Crippen LogP contribution in [0.15, 0.2) is 64.4 Å². The zero-order valence-corrected chi connectivity index (χ0v) is 15.4. The lowest BCUT2D eigenvalue weighted by Gasteiger charge is -2.04. The Labute approximate surface area is 152 Å². The molecular weight excluding hydrogens is 406 g/mol. The van der Waals surface area contributed by atoms with Crippen LogP contribution in [0.1, 0.15) is 0 Å². The van der Waals surface area contributed by atoms with Crippen molar-refractivity contribution < 1.29 is 8.42 Å². The summed E-state index contributed by atoms with van der Waals surface area (Å²) in [5.41, 5.74) is 1.50. The summed E-state index contributed by atoms with van der Waals surface area (Å²) in [6.07, 6.45) is 4.97. The van der Waals surface area contributed by atoms with Crippen LogP contribution < -0.4 is 0 Å². The van der Waals surface area contributed by atoms with Crippen LogP contribution >= 0.6 is 15.9 Å². The van der Waals surface area contributed by atoms with Gasteiger partial charge < -0.3 is 0 Å². The molecular formula is C16H12BrN5O2S. The van der Waals surface area contributed by atoms with Crippen LogP contribution in [0, 0.1) is 0 Å². The molecule has 25 heavy (non-hydrogen) atoms. The molecule has 0 atom stereocenters. The minimum Gasteiger partial charge on any atom is -0.275 e. The molecule has 0 aliphatic carbocycles. The van der Waals surface area contributed by atoms with Gasteiger partial charge in [-0.2, -0.15) is 18.6 Å². The summed E-state index contributed by atoms with van der Waals surface area (Å²) in [7, 11) is -2.07. The summed E-state index contributed by atoms with van der Waals surface area (Å²) in [6, 6.07) is 9.97. The highest BCUT2D eigenvalue weighted by atomic mass is 79.9. The van der Waals surface area contributed by atoms with Crippen LogP contribution in [0.25, 0.3) is 22.3 Å². The Morgan fingerprint density at radius 3 is 2.56 bits per heavy atom. The number of pyridine rings is 1. The Morgan fingerprint density at radius 2 is 1.88 bits per heavy atom. The van der Waals surface area contributed by atoms with Crippen LogP contribution in [0.4, 0.5) is 0 Å². The van der Waals surface area contributed by atoms with Crippen LogP contribution in [0.3, 0.4) is 0 Å². The van der Waals surface area contributed by atoms with Gasteiger partial charge in [-0.15, -0.1) is 4.09 Å². The van der Waals surface area contributed by atoms with E-state index >= 15 is 0 Å². The van der Waals surface area contributed by atoms with E-state index in [1.54, 1.807) is 54.6 Å². The van der Waals surface area contributed by atoms with Crippen molar-refractivity contribution in [2.45, 2.75) is 4.90 Å². The van der Waals surface area contributed by atoms with E-state index < -0.39 is 10.0 Å². The number of rotatable bonds is 3. The van der Waals surface area contributed by atoms with Crippen LogP contribution in [0.5, 0.6) is 0 Å². The number of fused-ring (bicyclic) bond motifs is 1. The summed E-state index contributed by atoms with van der Waals surface area (Å²) in [5.74, 6) is 0. The van der Waals surface area contributed by atoms with E-state index in [4.69, 9.17) is 0 Å². The molecule has 126 valence electrons. The van der Waals surface area contributed by atoms with Gasteiger partial charge in [0, 0.05) is 34.9 Å². The molecule has 3 heterocycles. The SMILES string of the molecule is Cn1cc(-c2nn(S(=O)(=O)c3ccccc3)c3ncc(Br)cc23)cn1. The lowest BCUT2D eigenvalue weighted by Crippen LogP contribution is -2.15. The molecule has 0 saturated carbocycles. The summed E-state index contributed by atoms with van der Waals surface area (Å²) in [5, 5.41) is 9.12. The molecule has 0 aliphatic heterocycles. The molecule has 9 heteroatoms. The second-order valence-electron chi connectivity index (χ2n) is 5.44. The van der Waals surface area contributed by atoms with E-state index in [2.05, 4.69) is 31.1 Å². The fourth-order valence-electron chi connectivity index (χ4n) is 2.57. The highest BCUT2D eigenvalue weighted by Crippen LogP contribution is 2.30. The molecule has 0 bridgehead atoms. The summed E-state index contributed by atoms with van der Waals surface area (Å²) >= 11 is 3.38. The Kier molecular flexibility index (Phi) is 3.69. The van der Waals surface area contributed by atoms with Crippen molar-refractivity contribution in [3.8, 4) is 11.3 Å². The zero-order valence-electron chi connectivity index (χ0n) is 13.0. The number of aromatic nitrogens is 5. The molecule has 0 spiro atoms. The number of halogens is 1. The lowest BCUT2D eigenvalue weighted by atomic mass is 10.2. The summed E-state index contributed by atoms with van der Waals surface area (Å²) in [6.45, 7) is 0. The van der Waals surface area contributed by atoms with Gasteiger partial charge in [-0.05, 0) is 34.1 Å². The van der Waals surface area contributed by atoms with Gasteiger partial charge in [0.15, 0.2) is 5.65 Å². The third-order valence-electron chi connectivity index (χ3n) is 3.71. The van der Waals surface area contributed by atoms with Crippen LogP contribution in [-0.4, -0.2) is 32.4 Å². The standard InChI is InChI=1S/C16H12BrN5O2S/c1-21-10-11(8-19-21)15-14-7-12(17)9-18-16(14)22(20-15)25(23,24)13-5-3-2-4-6-13/h2-10H,1H3. The molecule has 0 unspecified atom stereocenters. The first-order valence-corrected chi connectivity index (χ1v) is 9.54. The maximum absolute atomic E-state index is 13.0. The Bertz CT molecular complexity index is 1180. The Morgan fingerprint density at radius 1 is 1.12 bits per heavy atom. The van der Waals surface area contributed by atoms with Gasteiger partial charge in [0.25, 0.3) is 10.0 Å². The molecule has 0 N–H and O–H groups in total. The van der Waals surface area contributed by atoms with Gasteiger partial charge >= 0.3 is 0 Å². The second-order valence-corrected chi connectivity index (χ2v) is 8.12. The number of nitrogens with zero attached hydrogens (tertiary/aromatic N) is 5. The van der Waals surface area contributed by atoms with E-state index in [1.165, 1.54) is 12.1 Å². The third-order valence-corrected chi connectivity index (χ3v) is 5.72. The molecule has 0 radical (unpaired) electrons. The fraction of sp³-hybridized carbons (Fsp3) is 0.0625. The van der Waals surface area contributed by atoms with Crippen molar-refractivity contribution in [2.24, 2.45) is 7.05 Å². The van der Waals surface area contributed by atoms with E-state index in [0.717, 1.165) is 14.1 Å². The van der Waals surface area contributed by atoms with Gasteiger partial charge in [-0.3, -0.25) is 4.68 Å². The van der Waals surface area contributed by atoms with Crippen molar-refractivity contribution in [1.29, 1.82) is 0 Å². The molecule has 0 saturated heterocycles. The van der Waals surface area contributed by atoms with Crippen LogP contribution in [-0.2, 0) is 17.1 Å². The van der Waals surface area contributed by atoms with Gasteiger partial charge in [-0.1, -0.05) is 18.2 Å². The molecule has 4 aromatic rings. The summed E-state index contributed by atoms with van der Waals surface area (Å²) in [4.78, 5) is 4.43.